The van der Waals surface area contributed by atoms with Crippen LogP contribution in [0.4, 0.5) is 0 Å². The van der Waals surface area contributed by atoms with Gasteiger partial charge in [0.05, 0.1) is 40.8 Å². The maximum Gasteiger partial charge on any atom is 0.361 e. The molecule has 2 atom stereocenters. The van der Waals surface area contributed by atoms with Gasteiger partial charge in [0.1, 0.15) is 13.2 Å². The van der Waals surface area contributed by atoms with E-state index in [1.165, 1.54) is 0 Å². The Labute approximate surface area is 443 Å². The number of rotatable bonds is 46. The molecule has 0 aliphatic carbocycles. The van der Waals surface area contributed by atoms with Gasteiger partial charge in [-0.15, -0.1) is 0 Å². The number of hydrogen-bond acceptors (Lipinski definition) is 7. The molecule has 0 aliphatic rings. The number of allylic oxidation sites excluding steroid dienone is 29. The molecular weight excluding hydrogens is 911 g/mol. The molecule has 0 saturated carbocycles. The Morgan fingerprint density at radius 3 is 1.11 bits per heavy atom. The summed E-state index contributed by atoms with van der Waals surface area (Å²) in [6, 6.07) is 0. The average molecular weight is 1010 g/mol. The number of unbranched alkanes of at least 4 members (excludes halogenated alkanes) is 2. The Morgan fingerprint density at radius 1 is 0.425 bits per heavy atom. The lowest BCUT2D eigenvalue weighted by Gasteiger charge is -2.25. The van der Waals surface area contributed by atoms with Gasteiger partial charge in [0.25, 0.3) is 6.29 Å². The molecule has 0 aliphatic heterocycles. The summed E-state index contributed by atoms with van der Waals surface area (Å²) in [5.41, 5.74) is 0. The van der Waals surface area contributed by atoms with Crippen molar-refractivity contribution in [2.75, 3.05) is 47.5 Å². The van der Waals surface area contributed by atoms with Gasteiger partial charge in [-0.05, 0) is 116 Å². The largest absolute Gasteiger partial charge is 0.477 e. The first-order valence-electron chi connectivity index (χ1n) is 26.9. The summed E-state index contributed by atoms with van der Waals surface area (Å²) < 4.78 is 22.6. The molecule has 0 heterocycles. The van der Waals surface area contributed by atoms with E-state index in [1.807, 2.05) is 33.3 Å². The summed E-state index contributed by atoms with van der Waals surface area (Å²) in [6.07, 6.45) is 78.6. The minimum atomic E-state index is -1.55. The Bertz CT molecular complexity index is 1840. The van der Waals surface area contributed by atoms with Crippen LogP contribution in [0.5, 0.6) is 0 Å². The van der Waals surface area contributed by atoms with E-state index in [0.29, 0.717) is 23.9 Å². The van der Waals surface area contributed by atoms with Crippen LogP contribution in [0.2, 0.25) is 0 Å². The Hall–Kier alpha value is -5.61. The third-order valence-electron chi connectivity index (χ3n) is 10.2. The standard InChI is InChI=1S/C64H95NO8/c1-6-8-10-12-14-16-18-20-22-23-24-25-26-27-28-29-30-31-32-33-34-35-36-37-38-39-41-43-45-47-49-51-53-55-62(67)73-60(59-72-64(63(68)69)70-57-56-65(3,4)5)58-71-61(66)54-52-50-48-46-44-42-40-21-19-17-15-13-11-9-7-2/h8-11,14-17,20-22,24-25,27-28,30-31,33-34,36-37,39-41,44-47,50,52,60,64H,6-7,12-13,18-19,23,26,29,32,35,38,42-43,48-49,51,53-59H2,1-5H3/p+1/b10-8-,11-9-,16-14-,17-15-,22-20-,25-24-,28-27-,31-30-,34-33-,37-36-,40-21-,41-39-,46-44-,47-45-,52-50-. The fourth-order valence-electron chi connectivity index (χ4n) is 6.11. The maximum atomic E-state index is 12.8. The predicted octanol–water partition coefficient (Wildman–Crippen LogP) is 15.8. The van der Waals surface area contributed by atoms with Crippen molar-refractivity contribution in [2.24, 2.45) is 0 Å². The lowest BCUT2D eigenvalue weighted by molar-refractivity contribution is -0.870. The van der Waals surface area contributed by atoms with Crippen LogP contribution in [0.3, 0.4) is 0 Å². The summed E-state index contributed by atoms with van der Waals surface area (Å²) in [4.78, 5) is 37.2. The zero-order chi connectivity index (χ0) is 53.4. The number of likely N-dealkylation sites (N-methyl/N-ethyl adjacent to an activating group) is 1. The van der Waals surface area contributed by atoms with Crippen molar-refractivity contribution < 1.29 is 42.9 Å². The molecule has 0 amide bonds. The van der Waals surface area contributed by atoms with Gasteiger partial charge in [-0.25, -0.2) is 4.79 Å². The third-order valence-corrected chi connectivity index (χ3v) is 10.2. The van der Waals surface area contributed by atoms with Gasteiger partial charge in [-0.1, -0.05) is 196 Å². The normalized spacial score (nSPS) is 14.3. The van der Waals surface area contributed by atoms with Gasteiger partial charge >= 0.3 is 17.9 Å². The Kier molecular flexibility index (Phi) is 48.7. The number of carbonyl (C=O) groups is 3. The zero-order valence-electron chi connectivity index (χ0n) is 45.7. The Morgan fingerprint density at radius 2 is 0.767 bits per heavy atom. The number of hydrogen-bond donors (Lipinski definition) is 1. The second kappa shape index (κ2) is 52.7. The molecule has 404 valence electrons. The molecule has 0 saturated heterocycles. The third kappa shape index (κ3) is 54.0. The highest BCUT2D eigenvalue weighted by molar-refractivity contribution is 5.72. The molecule has 9 heteroatoms. The van der Waals surface area contributed by atoms with E-state index < -0.39 is 30.3 Å². The van der Waals surface area contributed by atoms with Crippen LogP contribution in [0.15, 0.2) is 182 Å². The summed E-state index contributed by atoms with van der Waals surface area (Å²) in [6.45, 7) is 4.42. The van der Waals surface area contributed by atoms with E-state index in [0.717, 1.165) is 103 Å². The molecule has 0 rings (SSSR count). The van der Waals surface area contributed by atoms with Crippen LogP contribution < -0.4 is 0 Å². The summed E-state index contributed by atoms with van der Waals surface area (Å²) in [5, 5.41) is 9.67. The number of carboxylic acids is 1. The smallest absolute Gasteiger partial charge is 0.361 e. The summed E-state index contributed by atoms with van der Waals surface area (Å²) >= 11 is 0. The first-order valence-corrected chi connectivity index (χ1v) is 26.9. The lowest BCUT2D eigenvalue weighted by atomic mass is 10.2. The van der Waals surface area contributed by atoms with Crippen LogP contribution in [0.25, 0.3) is 0 Å². The number of quaternary nitrogens is 1. The molecule has 0 aromatic heterocycles. The van der Waals surface area contributed by atoms with Gasteiger partial charge in [-0.2, -0.15) is 0 Å². The maximum absolute atomic E-state index is 12.8. The number of ether oxygens (including phenoxy) is 4. The zero-order valence-corrected chi connectivity index (χ0v) is 45.7. The van der Waals surface area contributed by atoms with Gasteiger partial charge in [-0.3, -0.25) is 9.59 Å². The van der Waals surface area contributed by atoms with Crippen molar-refractivity contribution in [1.82, 2.24) is 0 Å². The number of nitrogens with zero attached hydrogens (tertiary/aromatic N) is 1. The highest BCUT2D eigenvalue weighted by Gasteiger charge is 2.25. The van der Waals surface area contributed by atoms with Gasteiger partial charge in [0.15, 0.2) is 6.10 Å². The minimum Gasteiger partial charge on any atom is -0.477 e. The number of esters is 2. The molecule has 1 N–H and O–H groups in total. The molecular formula is C64H96NO8+. The molecule has 9 nitrogen and oxygen atoms in total. The van der Waals surface area contributed by atoms with E-state index in [4.69, 9.17) is 18.9 Å². The van der Waals surface area contributed by atoms with Gasteiger partial charge in [0.2, 0.25) is 0 Å². The molecule has 0 fully saturated rings. The van der Waals surface area contributed by atoms with E-state index in [-0.39, 0.29) is 32.7 Å². The van der Waals surface area contributed by atoms with Crippen molar-refractivity contribution >= 4 is 17.9 Å². The average Bonchev–Trinajstić information content (AvgIpc) is 3.36. The fourth-order valence-corrected chi connectivity index (χ4v) is 6.11. The molecule has 0 aromatic rings. The number of aliphatic carboxylic acids is 1. The predicted molar refractivity (Wildman–Crippen MR) is 308 cm³/mol. The van der Waals surface area contributed by atoms with Gasteiger partial charge in [0, 0.05) is 6.42 Å². The topological polar surface area (TPSA) is 108 Å². The number of carbonyl (C=O) groups excluding carboxylic acids is 2. The van der Waals surface area contributed by atoms with E-state index in [9.17, 15) is 19.5 Å². The van der Waals surface area contributed by atoms with Crippen molar-refractivity contribution in [3.05, 3.63) is 182 Å². The Balaban J connectivity index is 4.48. The summed E-state index contributed by atoms with van der Waals surface area (Å²) in [5.74, 6) is -2.26. The van der Waals surface area contributed by atoms with Crippen molar-refractivity contribution in [1.29, 1.82) is 0 Å². The molecule has 73 heavy (non-hydrogen) atoms. The molecule has 0 radical (unpaired) electrons. The van der Waals surface area contributed by atoms with E-state index >= 15 is 0 Å². The van der Waals surface area contributed by atoms with Crippen molar-refractivity contribution in [3.63, 3.8) is 0 Å². The SMILES string of the molecule is CC/C=C\C/C=C\C/C=C\C/C=C\C/C=C\C/C=C\C/C=C\C/C=C\C/C=C\C/C=C\CCCCC(=O)OC(COC(=O)C/C=C\C/C=C\C/C=C\C/C=C\C/C=C\CC)COC(OCC[N+](C)(C)C)C(=O)O. The van der Waals surface area contributed by atoms with E-state index in [1.54, 1.807) is 6.08 Å². The van der Waals surface area contributed by atoms with Crippen molar-refractivity contribution in [2.45, 2.75) is 155 Å². The number of carboxylic acid groups (broad SMARTS) is 1. The second-order valence-electron chi connectivity index (χ2n) is 18.1. The monoisotopic (exact) mass is 1010 g/mol. The molecule has 0 bridgehead atoms. The van der Waals surface area contributed by atoms with Gasteiger partial charge < -0.3 is 28.5 Å². The van der Waals surface area contributed by atoms with Crippen LogP contribution in [-0.4, -0.2) is 87.4 Å². The quantitative estimate of drug-likeness (QED) is 0.0211. The van der Waals surface area contributed by atoms with Crippen LogP contribution in [-0.2, 0) is 33.3 Å². The molecule has 0 aromatic carbocycles. The highest BCUT2D eigenvalue weighted by Crippen LogP contribution is 2.09. The van der Waals surface area contributed by atoms with Crippen LogP contribution in [0.1, 0.15) is 142 Å². The summed E-state index contributed by atoms with van der Waals surface area (Å²) in [7, 11) is 5.90. The molecule has 0 spiro atoms. The minimum absolute atomic E-state index is 0.0481. The lowest BCUT2D eigenvalue weighted by Crippen LogP contribution is -2.40. The highest BCUT2D eigenvalue weighted by atomic mass is 16.7. The fraction of sp³-hybridized carbons (Fsp3) is 0.484. The van der Waals surface area contributed by atoms with Crippen LogP contribution >= 0.6 is 0 Å². The molecule has 2 unspecified atom stereocenters. The van der Waals surface area contributed by atoms with Crippen molar-refractivity contribution in [3.8, 4) is 0 Å². The van der Waals surface area contributed by atoms with Crippen LogP contribution in [0, 0.1) is 0 Å². The first-order chi connectivity index (χ1) is 35.6. The van der Waals surface area contributed by atoms with E-state index in [2.05, 4.69) is 178 Å². The first kappa shape index (κ1) is 67.4. The second-order valence-corrected chi connectivity index (χ2v) is 18.1.